The summed E-state index contributed by atoms with van der Waals surface area (Å²) in [6.07, 6.45) is 4.23. The van der Waals surface area contributed by atoms with Crippen LogP contribution in [0.4, 0.5) is 5.69 Å². The highest BCUT2D eigenvalue weighted by Crippen LogP contribution is 2.20. The molecular weight excluding hydrogens is 228 g/mol. The molecule has 100 valence electrons. The first-order chi connectivity index (χ1) is 8.56. The lowest BCUT2D eigenvalue weighted by atomic mass is 10.00. The minimum absolute atomic E-state index is 0.0592. The van der Waals surface area contributed by atoms with Gasteiger partial charge >= 0.3 is 0 Å². The van der Waals surface area contributed by atoms with Crippen LogP contribution in [0.2, 0.25) is 0 Å². The average Bonchev–Trinajstić information content (AvgIpc) is 2.31. The average molecular weight is 250 g/mol. The van der Waals surface area contributed by atoms with Crippen molar-refractivity contribution >= 4 is 5.69 Å². The van der Waals surface area contributed by atoms with Crippen molar-refractivity contribution in [3.8, 4) is 0 Å². The van der Waals surface area contributed by atoms with Crippen LogP contribution >= 0.6 is 0 Å². The number of anilines is 1. The molecule has 1 aromatic rings. The van der Waals surface area contributed by atoms with Crippen molar-refractivity contribution in [2.75, 3.05) is 18.0 Å². The summed E-state index contributed by atoms with van der Waals surface area (Å²) in [4.78, 5) is 14.2. The second-order valence-corrected chi connectivity index (χ2v) is 5.40. The molecule has 0 aromatic carbocycles. The summed E-state index contributed by atoms with van der Waals surface area (Å²) in [6, 6.07) is 1.61. The molecule has 1 saturated heterocycles. The van der Waals surface area contributed by atoms with E-state index in [1.165, 1.54) is 17.5 Å². The Balaban J connectivity index is 2.15. The van der Waals surface area contributed by atoms with Gasteiger partial charge < -0.3 is 10.6 Å². The summed E-state index contributed by atoms with van der Waals surface area (Å²) in [5.41, 5.74) is 6.55. The molecule has 5 nitrogen and oxygen atoms in total. The van der Waals surface area contributed by atoms with E-state index in [4.69, 9.17) is 5.73 Å². The predicted molar refractivity (Wildman–Crippen MR) is 72.8 cm³/mol. The highest BCUT2D eigenvalue weighted by Gasteiger charge is 2.17. The minimum Gasteiger partial charge on any atom is -0.370 e. The molecule has 0 aliphatic carbocycles. The van der Waals surface area contributed by atoms with Crippen molar-refractivity contribution in [1.29, 1.82) is 0 Å². The Morgan fingerprint density at radius 2 is 2.39 bits per heavy atom. The van der Waals surface area contributed by atoms with Gasteiger partial charge in [-0.1, -0.05) is 6.92 Å². The van der Waals surface area contributed by atoms with Crippen LogP contribution in [0.25, 0.3) is 0 Å². The van der Waals surface area contributed by atoms with Gasteiger partial charge in [0, 0.05) is 25.2 Å². The predicted octanol–water partition coefficient (Wildman–Crippen LogP) is 0.827. The van der Waals surface area contributed by atoms with Crippen LogP contribution < -0.4 is 16.2 Å². The van der Waals surface area contributed by atoms with Gasteiger partial charge in [0.05, 0.1) is 18.4 Å². The van der Waals surface area contributed by atoms with E-state index >= 15 is 0 Å². The van der Waals surface area contributed by atoms with Crippen LogP contribution in [-0.4, -0.2) is 28.9 Å². The van der Waals surface area contributed by atoms with Crippen molar-refractivity contribution < 1.29 is 0 Å². The number of rotatable bonds is 3. The Morgan fingerprint density at radius 3 is 3.00 bits per heavy atom. The zero-order valence-corrected chi connectivity index (χ0v) is 11.2. The third-order valence-corrected chi connectivity index (χ3v) is 3.34. The third kappa shape index (κ3) is 3.10. The van der Waals surface area contributed by atoms with E-state index in [1.54, 1.807) is 12.3 Å². The second-order valence-electron chi connectivity index (χ2n) is 5.40. The fourth-order valence-electron chi connectivity index (χ4n) is 2.43. The molecule has 0 radical (unpaired) electrons. The molecule has 0 amide bonds. The molecule has 18 heavy (non-hydrogen) atoms. The summed E-state index contributed by atoms with van der Waals surface area (Å²) in [5.74, 6) is 0.685. The van der Waals surface area contributed by atoms with Gasteiger partial charge in [-0.2, -0.15) is 5.10 Å². The van der Waals surface area contributed by atoms with E-state index in [0.29, 0.717) is 12.5 Å². The highest BCUT2D eigenvalue weighted by atomic mass is 16.1. The minimum atomic E-state index is -0.0666. The van der Waals surface area contributed by atoms with E-state index < -0.39 is 0 Å². The molecule has 1 aliphatic heterocycles. The van der Waals surface area contributed by atoms with Crippen LogP contribution in [-0.2, 0) is 6.54 Å². The Bertz CT molecular complexity index is 455. The topological polar surface area (TPSA) is 64.2 Å². The van der Waals surface area contributed by atoms with Crippen LogP contribution in [0.1, 0.15) is 26.7 Å². The zero-order valence-electron chi connectivity index (χ0n) is 11.2. The maximum Gasteiger partial charge on any atom is 0.268 e. The van der Waals surface area contributed by atoms with E-state index in [1.807, 2.05) is 6.92 Å². The third-order valence-electron chi connectivity index (χ3n) is 3.34. The largest absolute Gasteiger partial charge is 0.370 e. The Labute approximate surface area is 108 Å². The second kappa shape index (κ2) is 5.52. The van der Waals surface area contributed by atoms with Crippen LogP contribution in [0, 0.1) is 5.92 Å². The molecule has 2 heterocycles. The SMILES string of the molecule is CC1CCCN(c2cnn(C[C@@H](C)N)c(=O)c2)C1. The Kier molecular flexibility index (Phi) is 4.01. The quantitative estimate of drug-likeness (QED) is 0.863. The molecule has 1 unspecified atom stereocenters. The van der Waals surface area contributed by atoms with Crippen molar-refractivity contribution in [1.82, 2.24) is 9.78 Å². The van der Waals surface area contributed by atoms with Gasteiger partial charge in [0.25, 0.3) is 5.56 Å². The highest BCUT2D eigenvalue weighted by molar-refractivity contribution is 5.43. The number of hydrogen-bond donors (Lipinski definition) is 1. The number of piperidine rings is 1. The normalized spacial score (nSPS) is 21.9. The molecule has 0 spiro atoms. The molecular formula is C13H22N4O. The molecule has 0 saturated carbocycles. The number of nitrogens with zero attached hydrogens (tertiary/aromatic N) is 3. The molecule has 5 heteroatoms. The van der Waals surface area contributed by atoms with Crippen molar-refractivity contribution in [2.24, 2.45) is 11.7 Å². The molecule has 1 fully saturated rings. The van der Waals surface area contributed by atoms with Crippen molar-refractivity contribution in [3.63, 3.8) is 0 Å². The Morgan fingerprint density at radius 1 is 1.61 bits per heavy atom. The van der Waals surface area contributed by atoms with Gasteiger partial charge in [0.2, 0.25) is 0 Å². The van der Waals surface area contributed by atoms with E-state index in [9.17, 15) is 4.79 Å². The lowest BCUT2D eigenvalue weighted by Gasteiger charge is -2.32. The number of hydrogen-bond acceptors (Lipinski definition) is 4. The summed E-state index contributed by atoms with van der Waals surface area (Å²) < 4.78 is 1.43. The number of aromatic nitrogens is 2. The maximum absolute atomic E-state index is 11.9. The molecule has 2 atom stereocenters. The van der Waals surface area contributed by atoms with Crippen LogP contribution in [0.5, 0.6) is 0 Å². The van der Waals surface area contributed by atoms with Crippen molar-refractivity contribution in [3.05, 3.63) is 22.6 Å². The van der Waals surface area contributed by atoms with E-state index in [-0.39, 0.29) is 11.6 Å². The molecule has 2 N–H and O–H groups in total. The lowest BCUT2D eigenvalue weighted by molar-refractivity contribution is 0.444. The van der Waals surface area contributed by atoms with Gasteiger partial charge in [-0.05, 0) is 25.7 Å². The van der Waals surface area contributed by atoms with E-state index in [0.717, 1.165) is 18.8 Å². The molecule has 2 rings (SSSR count). The van der Waals surface area contributed by atoms with Gasteiger partial charge in [0.1, 0.15) is 0 Å². The maximum atomic E-state index is 11.9. The first-order valence-corrected chi connectivity index (χ1v) is 6.64. The van der Waals surface area contributed by atoms with Gasteiger partial charge in [-0.3, -0.25) is 4.79 Å². The standard InChI is InChI=1S/C13H22N4O/c1-10-4-3-5-16(8-10)12-6-13(18)17(15-7-12)9-11(2)14/h6-7,10-11H,3-5,8-9,14H2,1-2H3/t10?,11-/m1/s1. The fraction of sp³-hybridized carbons (Fsp3) is 0.692. The fourth-order valence-corrected chi connectivity index (χ4v) is 2.43. The first-order valence-electron chi connectivity index (χ1n) is 6.64. The van der Waals surface area contributed by atoms with Crippen LogP contribution in [0.3, 0.4) is 0 Å². The molecule has 0 bridgehead atoms. The monoisotopic (exact) mass is 250 g/mol. The zero-order chi connectivity index (χ0) is 13.1. The van der Waals surface area contributed by atoms with Gasteiger partial charge in [0.15, 0.2) is 0 Å². The molecule has 1 aromatic heterocycles. The van der Waals surface area contributed by atoms with Crippen molar-refractivity contribution in [2.45, 2.75) is 39.3 Å². The molecule has 1 aliphatic rings. The summed E-state index contributed by atoms with van der Waals surface area (Å²) in [5, 5.41) is 4.20. The number of nitrogens with two attached hydrogens (primary N) is 1. The summed E-state index contributed by atoms with van der Waals surface area (Å²) in [6.45, 7) is 6.61. The van der Waals surface area contributed by atoms with Crippen LogP contribution in [0.15, 0.2) is 17.1 Å². The summed E-state index contributed by atoms with van der Waals surface area (Å²) in [7, 11) is 0. The lowest BCUT2D eigenvalue weighted by Crippen LogP contribution is -2.36. The van der Waals surface area contributed by atoms with Gasteiger partial charge in [-0.15, -0.1) is 0 Å². The smallest absolute Gasteiger partial charge is 0.268 e. The van der Waals surface area contributed by atoms with Gasteiger partial charge in [-0.25, -0.2) is 4.68 Å². The summed E-state index contributed by atoms with van der Waals surface area (Å²) >= 11 is 0. The Hall–Kier alpha value is -1.36. The first kappa shape index (κ1) is 13.1. The van der Waals surface area contributed by atoms with E-state index in [2.05, 4.69) is 16.9 Å².